The molecule has 27 heavy (non-hydrogen) atoms. The molecule has 0 heterocycles. The average Bonchev–Trinajstić information content (AvgIpc) is 2.65. The summed E-state index contributed by atoms with van der Waals surface area (Å²) in [5.74, 6) is 0.874. The fraction of sp³-hybridized carbons (Fsp3) is 0.409. The first-order valence-electron chi connectivity index (χ1n) is 9.43. The van der Waals surface area contributed by atoms with Gasteiger partial charge >= 0.3 is 0 Å². The number of benzene rings is 2. The predicted octanol–water partition coefficient (Wildman–Crippen LogP) is 4.52. The third kappa shape index (κ3) is 7.29. The van der Waals surface area contributed by atoms with Crippen LogP contribution < -0.4 is 14.8 Å². The van der Waals surface area contributed by atoms with Crippen LogP contribution in [0, 0.1) is 5.82 Å². The monoisotopic (exact) mass is 373 g/mol. The standard InChI is InChI=1S/C22H28FNO3/c1-4-21(27-20-13-9-18(23)10-14-20)22(25)24-15-5-6-17-7-11-19(12-8-17)26-16(2)3/h7-14,16,21H,4-6,15H2,1-3H3,(H,24,25). The highest BCUT2D eigenvalue weighted by Gasteiger charge is 2.17. The summed E-state index contributed by atoms with van der Waals surface area (Å²) in [5, 5.41) is 2.91. The molecule has 0 aliphatic heterocycles. The lowest BCUT2D eigenvalue weighted by Crippen LogP contribution is -2.38. The molecule has 0 aliphatic rings. The van der Waals surface area contributed by atoms with Crippen molar-refractivity contribution in [3.63, 3.8) is 0 Å². The lowest BCUT2D eigenvalue weighted by molar-refractivity contribution is -0.128. The maximum absolute atomic E-state index is 12.9. The summed E-state index contributed by atoms with van der Waals surface area (Å²) in [7, 11) is 0. The number of ether oxygens (including phenoxy) is 2. The molecule has 2 aromatic rings. The van der Waals surface area contributed by atoms with Crippen molar-refractivity contribution in [1.82, 2.24) is 5.32 Å². The van der Waals surface area contributed by atoms with E-state index in [0.717, 1.165) is 18.6 Å². The molecular weight excluding hydrogens is 345 g/mol. The first-order chi connectivity index (χ1) is 13.0. The molecule has 0 fully saturated rings. The van der Waals surface area contributed by atoms with Crippen LogP contribution in [0.5, 0.6) is 11.5 Å². The number of carbonyl (C=O) groups excluding carboxylic acids is 1. The van der Waals surface area contributed by atoms with E-state index < -0.39 is 6.10 Å². The van der Waals surface area contributed by atoms with Gasteiger partial charge in [0.2, 0.25) is 0 Å². The van der Waals surface area contributed by atoms with Gasteiger partial charge in [-0.1, -0.05) is 19.1 Å². The highest BCUT2D eigenvalue weighted by atomic mass is 19.1. The van der Waals surface area contributed by atoms with Crippen LogP contribution in [0.4, 0.5) is 4.39 Å². The van der Waals surface area contributed by atoms with Gasteiger partial charge in [0.1, 0.15) is 17.3 Å². The Morgan fingerprint density at radius 2 is 1.59 bits per heavy atom. The van der Waals surface area contributed by atoms with E-state index in [-0.39, 0.29) is 17.8 Å². The summed E-state index contributed by atoms with van der Waals surface area (Å²) in [5.41, 5.74) is 1.20. The topological polar surface area (TPSA) is 47.6 Å². The zero-order valence-corrected chi connectivity index (χ0v) is 16.2. The van der Waals surface area contributed by atoms with E-state index in [2.05, 4.69) is 5.32 Å². The Balaban J connectivity index is 1.73. The molecule has 1 atom stereocenters. The third-order valence-electron chi connectivity index (χ3n) is 3.99. The second kappa shape index (κ2) is 10.6. The van der Waals surface area contributed by atoms with Gasteiger partial charge in [0.15, 0.2) is 6.10 Å². The summed E-state index contributed by atoms with van der Waals surface area (Å²) in [4.78, 5) is 12.3. The zero-order chi connectivity index (χ0) is 19.6. The molecule has 0 saturated carbocycles. The predicted molar refractivity (Wildman–Crippen MR) is 105 cm³/mol. The maximum Gasteiger partial charge on any atom is 0.261 e. The van der Waals surface area contributed by atoms with Crippen molar-refractivity contribution >= 4 is 5.91 Å². The number of carbonyl (C=O) groups is 1. The number of amides is 1. The summed E-state index contributed by atoms with van der Waals surface area (Å²) in [6.45, 7) is 6.46. The molecule has 0 radical (unpaired) electrons. The first kappa shape index (κ1) is 20.7. The summed E-state index contributed by atoms with van der Waals surface area (Å²) >= 11 is 0. The van der Waals surface area contributed by atoms with Crippen LogP contribution in [0.3, 0.4) is 0 Å². The van der Waals surface area contributed by atoms with Crippen LogP contribution >= 0.6 is 0 Å². The smallest absolute Gasteiger partial charge is 0.261 e. The molecule has 146 valence electrons. The van der Waals surface area contributed by atoms with E-state index in [1.54, 1.807) is 0 Å². The Bertz CT molecular complexity index is 699. The molecule has 2 aromatic carbocycles. The zero-order valence-electron chi connectivity index (χ0n) is 16.2. The minimum atomic E-state index is -0.581. The third-order valence-corrected chi connectivity index (χ3v) is 3.99. The van der Waals surface area contributed by atoms with Gasteiger partial charge in [0.25, 0.3) is 5.91 Å². The molecule has 1 unspecified atom stereocenters. The SMILES string of the molecule is CCC(Oc1ccc(F)cc1)C(=O)NCCCc1ccc(OC(C)C)cc1. The van der Waals surface area contributed by atoms with Crippen molar-refractivity contribution < 1.29 is 18.7 Å². The fourth-order valence-corrected chi connectivity index (χ4v) is 2.62. The van der Waals surface area contributed by atoms with Gasteiger partial charge in [0, 0.05) is 6.54 Å². The molecule has 0 bridgehead atoms. The Morgan fingerprint density at radius 3 is 2.19 bits per heavy atom. The molecule has 2 rings (SSSR count). The number of hydrogen-bond acceptors (Lipinski definition) is 3. The lowest BCUT2D eigenvalue weighted by atomic mass is 10.1. The molecule has 0 spiro atoms. The van der Waals surface area contributed by atoms with E-state index in [0.29, 0.717) is 18.7 Å². The molecular formula is C22H28FNO3. The van der Waals surface area contributed by atoms with E-state index in [9.17, 15) is 9.18 Å². The number of nitrogens with one attached hydrogen (secondary N) is 1. The summed E-state index contributed by atoms with van der Waals surface area (Å²) in [6.07, 6.45) is 1.83. The minimum Gasteiger partial charge on any atom is -0.491 e. The maximum atomic E-state index is 12.9. The van der Waals surface area contributed by atoms with Crippen molar-refractivity contribution in [2.24, 2.45) is 0 Å². The minimum absolute atomic E-state index is 0.150. The van der Waals surface area contributed by atoms with Crippen LogP contribution in [0.1, 0.15) is 39.2 Å². The molecule has 5 heteroatoms. The van der Waals surface area contributed by atoms with E-state index in [1.807, 2.05) is 45.0 Å². The van der Waals surface area contributed by atoms with Crippen LogP contribution in [-0.4, -0.2) is 24.7 Å². The van der Waals surface area contributed by atoms with E-state index >= 15 is 0 Å². The first-order valence-corrected chi connectivity index (χ1v) is 9.43. The van der Waals surface area contributed by atoms with Gasteiger partial charge in [-0.05, 0) is 75.1 Å². The van der Waals surface area contributed by atoms with Crippen LogP contribution in [-0.2, 0) is 11.2 Å². The van der Waals surface area contributed by atoms with Crippen molar-refractivity contribution in [3.05, 3.63) is 59.9 Å². The fourth-order valence-electron chi connectivity index (χ4n) is 2.62. The van der Waals surface area contributed by atoms with Gasteiger partial charge in [-0.3, -0.25) is 4.79 Å². The molecule has 0 saturated heterocycles. The van der Waals surface area contributed by atoms with Gasteiger partial charge in [0.05, 0.1) is 6.10 Å². The van der Waals surface area contributed by atoms with Crippen LogP contribution in [0.25, 0.3) is 0 Å². The normalized spacial score (nSPS) is 11.9. The molecule has 0 aliphatic carbocycles. The number of aryl methyl sites for hydroxylation is 1. The summed E-state index contributed by atoms with van der Waals surface area (Å²) < 4.78 is 24.2. The van der Waals surface area contributed by atoms with Crippen molar-refractivity contribution in [1.29, 1.82) is 0 Å². The Labute approximate surface area is 160 Å². The Morgan fingerprint density at radius 1 is 1.00 bits per heavy atom. The van der Waals surface area contributed by atoms with Gasteiger partial charge in [-0.25, -0.2) is 4.39 Å². The van der Waals surface area contributed by atoms with Gasteiger partial charge < -0.3 is 14.8 Å². The van der Waals surface area contributed by atoms with Gasteiger partial charge in [-0.2, -0.15) is 0 Å². The highest BCUT2D eigenvalue weighted by Crippen LogP contribution is 2.16. The van der Waals surface area contributed by atoms with Crippen LogP contribution in [0.2, 0.25) is 0 Å². The van der Waals surface area contributed by atoms with E-state index in [4.69, 9.17) is 9.47 Å². The second-order valence-corrected chi connectivity index (χ2v) is 6.67. The number of rotatable bonds is 10. The number of hydrogen-bond donors (Lipinski definition) is 1. The second-order valence-electron chi connectivity index (χ2n) is 6.67. The highest BCUT2D eigenvalue weighted by molar-refractivity contribution is 5.81. The van der Waals surface area contributed by atoms with Crippen molar-refractivity contribution in [2.75, 3.05) is 6.54 Å². The van der Waals surface area contributed by atoms with Crippen molar-refractivity contribution in [2.45, 2.75) is 52.2 Å². The van der Waals surface area contributed by atoms with Crippen molar-refractivity contribution in [3.8, 4) is 11.5 Å². The summed E-state index contributed by atoms with van der Waals surface area (Å²) in [6, 6.07) is 13.7. The molecule has 4 nitrogen and oxygen atoms in total. The molecule has 1 amide bonds. The quantitative estimate of drug-likeness (QED) is 0.623. The number of halogens is 1. The van der Waals surface area contributed by atoms with E-state index in [1.165, 1.54) is 29.8 Å². The lowest BCUT2D eigenvalue weighted by Gasteiger charge is -2.17. The van der Waals surface area contributed by atoms with Gasteiger partial charge in [-0.15, -0.1) is 0 Å². The Hall–Kier alpha value is -2.56. The van der Waals surface area contributed by atoms with Crippen LogP contribution in [0.15, 0.2) is 48.5 Å². The molecule has 0 aromatic heterocycles. The largest absolute Gasteiger partial charge is 0.491 e. The molecule has 1 N–H and O–H groups in total. The average molecular weight is 373 g/mol. The Kier molecular flexibility index (Phi) is 8.11.